The molecular weight excluding hydrogens is 416 g/mol. The molecule has 3 aromatic heterocycles. The predicted octanol–water partition coefficient (Wildman–Crippen LogP) is 5.33. The van der Waals surface area contributed by atoms with Crippen molar-refractivity contribution in [1.29, 1.82) is 0 Å². The van der Waals surface area contributed by atoms with E-state index in [0.29, 0.717) is 32.8 Å². The first-order valence-electron chi connectivity index (χ1n) is 9.62. The Kier molecular flexibility index (Phi) is 5.68. The minimum Gasteiger partial charge on any atom is -0.459 e. The summed E-state index contributed by atoms with van der Waals surface area (Å²) in [5.74, 6) is 0.592. The van der Waals surface area contributed by atoms with Gasteiger partial charge in [-0.2, -0.15) is 4.98 Å². The molecule has 0 aliphatic heterocycles. The van der Waals surface area contributed by atoms with Crippen molar-refractivity contribution in [2.24, 2.45) is 0 Å². The first-order valence-corrected chi connectivity index (χ1v) is 10.4. The van der Waals surface area contributed by atoms with Crippen molar-refractivity contribution in [3.63, 3.8) is 0 Å². The van der Waals surface area contributed by atoms with E-state index < -0.39 is 0 Å². The fourth-order valence-corrected chi connectivity index (χ4v) is 3.67. The van der Waals surface area contributed by atoms with Crippen molar-refractivity contribution in [3.8, 4) is 11.5 Å². The summed E-state index contributed by atoms with van der Waals surface area (Å²) in [5, 5.41) is 10.2. The second kappa shape index (κ2) is 8.57. The number of nitrogens with zero attached hydrogens (tertiary/aromatic N) is 2. The Morgan fingerprint density at radius 2 is 1.87 bits per heavy atom. The van der Waals surface area contributed by atoms with E-state index in [2.05, 4.69) is 20.8 Å². The summed E-state index contributed by atoms with van der Waals surface area (Å²) in [6, 6.07) is 12.1. The second-order valence-electron chi connectivity index (χ2n) is 7.16. The lowest BCUT2D eigenvalue weighted by Gasteiger charge is -2.11. The van der Waals surface area contributed by atoms with Gasteiger partial charge in [-0.1, -0.05) is 31.1 Å². The van der Waals surface area contributed by atoms with Crippen molar-refractivity contribution >= 4 is 33.8 Å². The Balaban J connectivity index is 1.54. The van der Waals surface area contributed by atoms with Gasteiger partial charge in [-0.15, -0.1) is 11.3 Å². The fraction of sp³-hybridized carbons (Fsp3) is 0.182. The third kappa shape index (κ3) is 4.41. The molecule has 0 bridgehead atoms. The summed E-state index contributed by atoms with van der Waals surface area (Å²) in [4.78, 5) is 29.9. The summed E-state index contributed by atoms with van der Waals surface area (Å²) >= 11 is 1.16. The molecule has 4 rings (SSSR count). The molecule has 158 valence electrons. The highest BCUT2D eigenvalue weighted by molar-refractivity contribution is 7.18. The number of thiophene rings is 1. The van der Waals surface area contributed by atoms with Crippen molar-refractivity contribution in [2.75, 3.05) is 10.6 Å². The van der Waals surface area contributed by atoms with Gasteiger partial charge in [0.25, 0.3) is 17.7 Å². The molecule has 0 unspecified atom stereocenters. The number of hydrogen-bond donors (Lipinski definition) is 2. The standard InChI is InChI=1S/C22H20N4O4S/c1-12(2)19-25-22(30-26-19)14-7-4-6-13(3)18(14)24-21(28)16-9-10-17(31-16)23-20(27)15-8-5-11-29-15/h4-12H,1-3H3,(H,23,27)(H,24,28). The number of carbonyl (C=O) groups is 2. The van der Waals surface area contributed by atoms with Gasteiger partial charge in [-0.05, 0) is 42.8 Å². The van der Waals surface area contributed by atoms with E-state index in [-0.39, 0.29) is 23.5 Å². The van der Waals surface area contributed by atoms with Crippen molar-refractivity contribution in [3.05, 3.63) is 70.8 Å². The summed E-state index contributed by atoms with van der Waals surface area (Å²) in [6.07, 6.45) is 1.43. The number of hydrogen-bond acceptors (Lipinski definition) is 7. The second-order valence-corrected chi connectivity index (χ2v) is 8.24. The van der Waals surface area contributed by atoms with Gasteiger partial charge < -0.3 is 19.6 Å². The molecule has 8 nitrogen and oxygen atoms in total. The van der Waals surface area contributed by atoms with Gasteiger partial charge >= 0.3 is 0 Å². The Hall–Kier alpha value is -3.72. The van der Waals surface area contributed by atoms with Gasteiger partial charge in [0.15, 0.2) is 11.6 Å². The number of furan rings is 1. The quantitative estimate of drug-likeness (QED) is 0.423. The lowest BCUT2D eigenvalue weighted by molar-refractivity contribution is 0.0995. The van der Waals surface area contributed by atoms with Crippen molar-refractivity contribution in [1.82, 2.24) is 10.1 Å². The largest absolute Gasteiger partial charge is 0.459 e. The first-order chi connectivity index (χ1) is 14.9. The fourth-order valence-electron chi connectivity index (χ4n) is 2.87. The van der Waals surface area contributed by atoms with Gasteiger partial charge in [0.1, 0.15) is 0 Å². The van der Waals surface area contributed by atoms with Crippen LogP contribution in [0.25, 0.3) is 11.5 Å². The van der Waals surface area contributed by atoms with E-state index >= 15 is 0 Å². The molecule has 9 heteroatoms. The molecule has 0 aliphatic carbocycles. The molecule has 2 amide bonds. The summed E-state index contributed by atoms with van der Waals surface area (Å²) < 4.78 is 10.5. The van der Waals surface area contributed by atoms with Gasteiger partial charge in [-0.3, -0.25) is 9.59 Å². The van der Waals surface area contributed by atoms with Crippen LogP contribution in [0.2, 0.25) is 0 Å². The minimum absolute atomic E-state index is 0.126. The Morgan fingerprint density at radius 3 is 2.58 bits per heavy atom. The molecule has 0 saturated carbocycles. The number of anilines is 2. The molecule has 0 fully saturated rings. The molecule has 1 aromatic carbocycles. The molecule has 4 aromatic rings. The third-order valence-corrected chi connectivity index (χ3v) is 5.51. The van der Waals surface area contributed by atoms with Crippen LogP contribution < -0.4 is 10.6 Å². The Labute approximate surface area is 182 Å². The summed E-state index contributed by atoms with van der Waals surface area (Å²) in [7, 11) is 0. The highest BCUT2D eigenvalue weighted by Gasteiger charge is 2.19. The predicted molar refractivity (Wildman–Crippen MR) is 117 cm³/mol. The van der Waals surface area contributed by atoms with Gasteiger partial charge in [0.2, 0.25) is 0 Å². The van der Waals surface area contributed by atoms with E-state index in [0.717, 1.165) is 16.9 Å². The maximum atomic E-state index is 12.9. The molecule has 0 spiro atoms. The average molecular weight is 436 g/mol. The van der Waals surface area contributed by atoms with Crippen LogP contribution in [0.15, 0.2) is 57.7 Å². The molecule has 0 saturated heterocycles. The maximum Gasteiger partial charge on any atom is 0.291 e. The number of benzene rings is 1. The number of aryl methyl sites for hydroxylation is 1. The zero-order chi connectivity index (χ0) is 22.0. The molecule has 3 heterocycles. The van der Waals surface area contributed by atoms with Crippen LogP contribution >= 0.6 is 11.3 Å². The molecular formula is C22H20N4O4S. The van der Waals surface area contributed by atoms with Crippen LogP contribution in [-0.2, 0) is 0 Å². The maximum absolute atomic E-state index is 12.9. The number of carbonyl (C=O) groups excluding carboxylic acids is 2. The van der Waals surface area contributed by atoms with Gasteiger partial charge in [0, 0.05) is 5.92 Å². The number of nitrogens with one attached hydrogen (secondary N) is 2. The van der Waals surface area contributed by atoms with Crippen LogP contribution in [0.3, 0.4) is 0 Å². The van der Waals surface area contributed by atoms with E-state index in [1.807, 2.05) is 39.0 Å². The Morgan fingerprint density at radius 1 is 1.03 bits per heavy atom. The molecule has 0 atom stereocenters. The zero-order valence-corrected chi connectivity index (χ0v) is 17.9. The smallest absolute Gasteiger partial charge is 0.291 e. The number of rotatable bonds is 6. The SMILES string of the molecule is Cc1cccc(-c2nc(C(C)C)no2)c1NC(=O)c1ccc(NC(=O)c2ccco2)s1. The van der Waals surface area contributed by atoms with E-state index in [1.54, 1.807) is 24.3 Å². The number of amides is 2. The van der Waals surface area contributed by atoms with E-state index in [1.165, 1.54) is 6.26 Å². The van der Waals surface area contributed by atoms with Crippen molar-refractivity contribution < 1.29 is 18.5 Å². The van der Waals surface area contributed by atoms with Gasteiger partial charge in [0.05, 0.1) is 27.4 Å². The lowest BCUT2D eigenvalue weighted by atomic mass is 10.1. The third-order valence-electron chi connectivity index (χ3n) is 4.51. The molecule has 31 heavy (non-hydrogen) atoms. The van der Waals surface area contributed by atoms with Crippen LogP contribution in [0, 0.1) is 6.92 Å². The normalized spacial score (nSPS) is 11.0. The van der Waals surface area contributed by atoms with E-state index in [4.69, 9.17) is 8.94 Å². The zero-order valence-electron chi connectivity index (χ0n) is 17.1. The lowest BCUT2D eigenvalue weighted by Crippen LogP contribution is -2.12. The monoisotopic (exact) mass is 436 g/mol. The highest BCUT2D eigenvalue weighted by atomic mass is 32.1. The number of para-hydroxylation sites is 1. The summed E-state index contributed by atoms with van der Waals surface area (Å²) in [5.41, 5.74) is 2.11. The topological polar surface area (TPSA) is 110 Å². The Bertz CT molecular complexity index is 1220. The number of aromatic nitrogens is 2. The molecule has 0 aliphatic rings. The molecule has 0 radical (unpaired) electrons. The van der Waals surface area contributed by atoms with Crippen molar-refractivity contribution in [2.45, 2.75) is 26.7 Å². The first kappa shape index (κ1) is 20.5. The van der Waals surface area contributed by atoms with Crippen LogP contribution in [0.5, 0.6) is 0 Å². The van der Waals surface area contributed by atoms with Crippen LogP contribution in [0.1, 0.15) is 51.4 Å². The van der Waals surface area contributed by atoms with E-state index in [9.17, 15) is 9.59 Å². The van der Waals surface area contributed by atoms with Crippen LogP contribution in [0.4, 0.5) is 10.7 Å². The average Bonchev–Trinajstić information content (AvgIpc) is 3.50. The molecule has 2 N–H and O–H groups in total. The van der Waals surface area contributed by atoms with Crippen LogP contribution in [-0.4, -0.2) is 22.0 Å². The minimum atomic E-state index is -0.377. The van der Waals surface area contributed by atoms with Gasteiger partial charge in [-0.25, -0.2) is 0 Å². The highest BCUT2D eigenvalue weighted by Crippen LogP contribution is 2.32. The summed E-state index contributed by atoms with van der Waals surface area (Å²) in [6.45, 7) is 5.85.